The van der Waals surface area contributed by atoms with Crippen LogP contribution in [0.1, 0.15) is 225 Å². The molecule has 14 atom stereocenters. The first kappa shape index (κ1) is 69.4. The molecule has 520 valence electrons. The van der Waals surface area contributed by atoms with E-state index < -0.39 is 0 Å². The Hall–Kier alpha value is -5.12. The maximum atomic E-state index is 6.49. The van der Waals surface area contributed by atoms with E-state index in [4.69, 9.17) is 37.9 Å². The topological polar surface area (TPSA) is 73.8 Å². The van der Waals surface area contributed by atoms with Crippen LogP contribution in [-0.4, -0.2) is 50.6 Å². The van der Waals surface area contributed by atoms with E-state index in [9.17, 15) is 0 Å². The molecule has 14 bridgehead atoms. The molecule has 96 heavy (non-hydrogen) atoms. The van der Waals surface area contributed by atoms with Crippen LogP contribution < -0.4 is 18.9 Å². The molecule has 4 aromatic rings. The van der Waals surface area contributed by atoms with Gasteiger partial charge in [0, 0.05) is 0 Å². The van der Waals surface area contributed by atoms with Crippen LogP contribution in [0.25, 0.3) is 22.3 Å². The molecule has 0 aliphatic heterocycles. The lowest BCUT2D eigenvalue weighted by molar-refractivity contribution is -0.225. The molecule has 0 spiro atoms. The molecule has 0 amide bonds. The van der Waals surface area contributed by atoms with Crippen molar-refractivity contribution in [3.8, 4) is 23.0 Å². The summed E-state index contributed by atoms with van der Waals surface area (Å²) in [6.45, 7) is 34.5. The molecule has 8 heteroatoms. The molecule has 0 saturated heterocycles. The lowest BCUT2D eigenvalue weighted by atomic mass is 9.50. The third-order valence-corrected chi connectivity index (χ3v) is 26.2. The van der Waals surface area contributed by atoms with Crippen molar-refractivity contribution >= 4 is 22.3 Å². The van der Waals surface area contributed by atoms with Gasteiger partial charge in [-0.05, 0) is 368 Å². The third kappa shape index (κ3) is 16.8. The quantitative estimate of drug-likeness (QED) is 0.0480. The van der Waals surface area contributed by atoms with E-state index in [2.05, 4.69) is 62.7 Å². The second kappa shape index (κ2) is 30.4. The largest absolute Gasteiger partial charge is 0.465 e. The van der Waals surface area contributed by atoms with Crippen molar-refractivity contribution in [3.05, 3.63) is 146 Å². The van der Waals surface area contributed by atoms with Gasteiger partial charge in [0.15, 0.2) is 25.2 Å². The molecule has 14 aliphatic rings. The first-order chi connectivity index (χ1) is 46.2. The number of hydrogen-bond donors (Lipinski definition) is 0. The molecule has 0 radical (unpaired) electrons. The molecule has 0 aromatic heterocycles. The average Bonchev–Trinajstić information content (AvgIpc) is 1.54. The molecule has 14 fully saturated rings. The molecule has 4 aromatic carbocycles. The van der Waals surface area contributed by atoms with Crippen LogP contribution in [0.15, 0.2) is 123 Å². The van der Waals surface area contributed by atoms with Crippen LogP contribution in [0.3, 0.4) is 0 Å². The predicted octanol–water partition coefficient (Wildman–Crippen LogP) is 22.6. The summed E-state index contributed by atoms with van der Waals surface area (Å²) in [7, 11) is 0. The van der Waals surface area contributed by atoms with Crippen molar-refractivity contribution in [2.45, 2.75) is 234 Å². The van der Waals surface area contributed by atoms with Crippen molar-refractivity contribution < 1.29 is 37.9 Å². The van der Waals surface area contributed by atoms with Gasteiger partial charge in [0.1, 0.15) is 23.0 Å². The van der Waals surface area contributed by atoms with Crippen molar-refractivity contribution in [3.63, 3.8) is 0 Å². The van der Waals surface area contributed by atoms with Gasteiger partial charge in [0.2, 0.25) is 0 Å². The number of ether oxygens (including phenoxy) is 8. The molecular formula is C88H120O8. The Labute approximate surface area is 579 Å². The first-order valence-corrected chi connectivity index (χ1v) is 38.5. The average molecular weight is 1310 g/mol. The number of benzene rings is 4. The maximum Gasteiger partial charge on any atom is 0.197 e. The Morgan fingerprint density at radius 2 is 0.740 bits per heavy atom. The van der Waals surface area contributed by atoms with Gasteiger partial charge >= 0.3 is 0 Å². The van der Waals surface area contributed by atoms with Gasteiger partial charge in [-0.25, -0.2) is 0 Å². The lowest BCUT2D eigenvalue weighted by Gasteiger charge is -2.56. The summed E-state index contributed by atoms with van der Waals surface area (Å²) >= 11 is 0. The standard InChI is InChI=1S/C25H34O2.C22H30O2.C21H28O2.C20H28O2/c1-15(2)17-6-8-22(9-7-17)27-16(3)26-11-10-18-12-21-14-23(18)25-20-5-4-19(13-20)24(21)25;1-15(2)20-4-6-21(7-5-20)24-16(3)23-14-22-11-17-8-18(12-22)10-19(9-17)13-22;1-14(2)19-4-6-20(7-5-19)22-15(3)23-21-11-16-8-17(12-21)10-18(9-16)13-21;1-14(2)17-6-8-20(9-7-17)22-15(3)21-11-10-19-13-16-4-5-18(19)12-16/h6-9,16,18-21,23-25H,1,4-5,10-14H2,2-3H3;4-7,16-19H,1,8-14H2,2-3H3;4-7,15-18H,1,8-13H2,2-3H3;6-9,15-16,18-19H,1,4-5,10-13H2,2-3H3. The molecular weight excluding hydrogens is 1180 g/mol. The van der Waals surface area contributed by atoms with Gasteiger partial charge in [-0.1, -0.05) is 104 Å². The van der Waals surface area contributed by atoms with Crippen LogP contribution in [0.4, 0.5) is 0 Å². The number of allylic oxidation sites excluding steroid dienone is 4. The van der Waals surface area contributed by atoms with Crippen molar-refractivity contribution in [1.82, 2.24) is 0 Å². The Balaban J connectivity index is 0.000000116. The minimum atomic E-state index is -0.186. The minimum Gasteiger partial charge on any atom is -0.465 e. The second-order valence-electron chi connectivity index (χ2n) is 33.8. The molecule has 8 nitrogen and oxygen atoms in total. The van der Waals surface area contributed by atoms with E-state index in [1.807, 2.05) is 116 Å². The van der Waals surface area contributed by atoms with E-state index in [1.54, 1.807) is 12.8 Å². The minimum absolute atomic E-state index is 0.103. The van der Waals surface area contributed by atoms with Crippen molar-refractivity contribution in [2.24, 2.45) is 100 Å². The summed E-state index contributed by atoms with van der Waals surface area (Å²) in [6, 6.07) is 32.5. The number of hydrogen-bond acceptors (Lipinski definition) is 8. The second-order valence-corrected chi connectivity index (χ2v) is 33.8. The summed E-state index contributed by atoms with van der Waals surface area (Å²) in [5.41, 5.74) is 9.49. The van der Waals surface area contributed by atoms with E-state index in [0.29, 0.717) is 5.41 Å². The van der Waals surface area contributed by atoms with Crippen molar-refractivity contribution in [1.29, 1.82) is 0 Å². The SMILES string of the molecule is C=C(C)c1ccc(OC(C)OC23CC4CC(CC(C4)C2)C3)cc1.C=C(C)c1ccc(OC(C)OCC23CC4CC(CC(C4)C2)C3)cc1.C=C(C)c1ccc(OC(C)OCCC2CC3CC2C2C4CCC(C4)C32)cc1.C=C(C)c1ccc(OC(C)OCCC2CC3CCC2C3)cc1. The van der Waals surface area contributed by atoms with Crippen LogP contribution in [0.2, 0.25) is 0 Å². The Kier molecular flexibility index (Phi) is 21.9. The fourth-order valence-corrected chi connectivity index (χ4v) is 23.0. The van der Waals surface area contributed by atoms with E-state index in [-0.39, 0.29) is 30.8 Å². The summed E-state index contributed by atoms with van der Waals surface area (Å²) in [4.78, 5) is 0. The molecule has 14 saturated carbocycles. The summed E-state index contributed by atoms with van der Waals surface area (Å²) in [5, 5.41) is 0. The third-order valence-electron chi connectivity index (χ3n) is 26.2. The van der Waals surface area contributed by atoms with Gasteiger partial charge in [0.05, 0.1) is 25.4 Å². The highest BCUT2D eigenvalue weighted by molar-refractivity contribution is 5.64. The zero-order chi connectivity index (χ0) is 66.8. The molecule has 14 unspecified atom stereocenters. The van der Waals surface area contributed by atoms with Crippen molar-refractivity contribution in [2.75, 3.05) is 19.8 Å². The van der Waals surface area contributed by atoms with Gasteiger partial charge in [-0.15, -0.1) is 0 Å². The van der Waals surface area contributed by atoms with E-state index in [0.717, 1.165) is 182 Å². The molecule has 0 heterocycles. The highest BCUT2D eigenvalue weighted by atomic mass is 16.7. The zero-order valence-electron chi connectivity index (χ0n) is 60.3. The highest BCUT2D eigenvalue weighted by Crippen LogP contribution is 2.69. The monoisotopic (exact) mass is 1300 g/mol. The van der Waals surface area contributed by atoms with E-state index >= 15 is 0 Å². The van der Waals surface area contributed by atoms with Gasteiger partial charge in [-0.3, -0.25) is 0 Å². The Bertz CT molecular complexity index is 3180. The summed E-state index contributed by atoms with van der Waals surface area (Å²) in [5.74, 6) is 19.4. The Morgan fingerprint density at radius 1 is 0.365 bits per heavy atom. The van der Waals surface area contributed by atoms with Gasteiger partial charge < -0.3 is 37.9 Å². The Morgan fingerprint density at radius 3 is 1.14 bits per heavy atom. The predicted molar refractivity (Wildman–Crippen MR) is 391 cm³/mol. The number of fused-ring (bicyclic) bond motifs is 11. The van der Waals surface area contributed by atoms with Crippen LogP contribution >= 0.6 is 0 Å². The number of rotatable bonds is 25. The molecule has 18 rings (SSSR count). The van der Waals surface area contributed by atoms with E-state index in [1.165, 1.54) is 135 Å². The fraction of sp³-hybridized carbons (Fsp3) is 0.636. The van der Waals surface area contributed by atoms with Crippen LogP contribution in [0, 0.1) is 100 Å². The maximum absolute atomic E-state index is 6.49. The summed E-state index contributed by atoms with van der Waals surface area (Å²) in [6.07, 6.45) is 31.9. The van der Waals surface area contributed by atoms with Crippen LogP contribution in [-0.2, 0) is 18.9 Å². The normalized spacial score (nSPS) is 34.9. The van der Waals surface area contributed by atoms with Crippen LogP contribution in [0.5, 0.6) is 23.0 Å². The molecule has 0 N–H and O–H groups in total. The fourth-order valence-electron chi connectivity index (χ4n) is 23.0. The summed E-state index contributed by atoms with van der Waals surface area (Å²) < 4.78 is 48.3. The van der Waals surface area contributed by atoms with Gasteiger partial charge in [-0.2, -0.15) is 0 Å². The smallest absolute Gasteiger partial charge is 0.197 e. The zero-order valence-corrected chi connectivity index (χ0v) is 60.3. The van der Waals surface area contributed by atoms with Gasteiger partial charge in [0.25, 0.3) is 0 Å². The lowest BCUT2D eigenvalue weighted by Crippen LogP contribution is -2.53. The molecule has 14 aliphatic carbocycles. The highest BCUT2D eigenvalue weighted by Gasteiger charge is 2.62. The first-order valence-electron chi connectivity index (χ1n) is 38.5.